The molecular formula is C13H12N2O4. The lowest BCUT2D eigenvalue weighted by Gasteiger charge is -2.13. The lowest BCUT2D eigenvalue weighted by Crippen LogP contribution is -2.33. The van der Waals surface area contributed by atoms with E-state index in [1.807, 2.05) is 0 Å². The molecule has 1 atom stereocenters. The maximum absolute atomic E-state index is 11.8. The van der Waals surface area contributed by atoms with E-state index in [1.54, 1.807) is 37.3 Å². The van der Waals surface area contributed by atoms with Crippen molar-refractivity contribution >= 4 is 11.9 Å². The molecule has 1 aromatic carbocycles. The topological polar surface area (TPSA) is 92.4 Å². The quantitative estimate of drug-likeness (QED) is 0.869. The smallest absolute Gasteiger partial charge is 0.330 e. The normalized spacial score (nSPS) is 11.8. The van der Waals surface area contributed by atoms with E-state index in [9.17, 15) is 9.59 Å². The summed E-state index contributed by atoms with van der Waals surface area (Å²) < 4.78 is 4.78. The van der Waals surface area contributed by atoms with E-state index in [4.69, 9.17) is 9.63 Å². The number of amides is 1. The molecule has 98 valence electrons. The van der Waals surface area contributed by atoms with Crippen molar-refractivity contribution in [2.75, 3.05) is 0 Å². The summed E-state index contributed by atoms with van der Waals surface area (Å²) in [7, 11) is 0. The van der Waals surface area contributed by atoms with Gasteiger partial charge in [-0.2, -0.15) is 0 Å². The van der Waals surface area contributed by atoms with Gasteiger partial charge in [0.05, 0.1) is 0 Å². The van der Waals surface area contributed by atoms with Crippen LogP contribution in [0.15, 0.2) is 40.9 Å². The number of aliphatic carboxylic acids is 1. The number of rotatable bonds is 4. The molecule has 0 aliphatic heterocycles. The molecule has 0 aliphatic carbocycles. The second-order valence-corrected chi connectivity index (χ2v) is 3.98. The first kappa shape index (κ1) is 12.8. The molecule has 6 nitrogen and oxygen atoms in total. The molecule has 0 aliphatic rings. The zero-order valence-electron chi connectivity index (χ0n) is 10.2. The van der Waals surface area contributed by atoms with Crippen molar-refractivity contribution in [2.24, 2.45) is 0 Å². The van der Waals surface area contributed by atoms with E-state index in [1.165, 1.54) is 6.07 Å². The fraction of sp³-hybridized carbons (Fsp3) is 0.154. The van der Waals surface area contributed by atoms with Gasteiger partial charge in [-0.15, -0.1) is 0 Å². The summed E-state index contributed by atoms with van der Waals surface area (Å²) in [6.45, 7) is 1.65. The summed E-state index contributed by atoms with van der Waals surface area (Å²) in [5.74, 6) is -1.25. The van der Waals surface area contributed by atoms with Gasteiger partial charge in [-0.05, 0) is 12.5 Å². The number of aryl methyl sites for hydroxylation is 1. The van der Waals surface area contributed by atoms with E-state index in [0.717, 1.165) is 0 Å². The summed E-state index contributed by atoms with van der Waals surface area (Å²) in [5.41, 5.74) is 0.545. The third kappa shape index (κ3) is 2.98. The van der Waals surface area contributed by atoms with E-state index in [0.29, 0.717) is 11.3 Å². The Labute approximate surface area is 109 Å². The highest BCUT2D eigenvalue weighted by Gasteiger charge is 2.23. The number of nitrogens with one attached hydrogen (secondary N) is 1. The van der Waals surface area contributed by atoms with Gasteiger partial charge in [0.25, 0.3) is 5.91 Å². The van der Waals surface area contributed by atoms with Crippen LogP contribution in [0.3, 0.4) is 0 Å². The van der Waals surface area contributed by atoms with Gasteiger partial charge in [-0.1, -0.05) is 35.5 Å². The number of carboxylic acid groups (broad SMARTS) is 1. The largest absolute Gasteiger partial charge is 0.479 e. The molecule has 0 spiro atoms. The highest BCUT2D eigenvalue weighted by Crippen LogP contribution is 2.13. The van der Waals surface area contributed by atoms with Gasteiger partial charge in [0.1, 0.15) is 5.76 Å². The molecule has 0 fully saturated rings. The van der Waals surface area contributed by atoms with Crippen LogP contribution < -0.4 is 5.32 Å². The van der Waals surface area contributed by atoms with Crippen LogP contribution in [0.5, 0.6) is 0 Å². The molecule has 0 bridgehead atoms. The Morgan fingerprint density at radius 2 is 2.00 bits per heavy atom. The lowest BCUT2D eigenvalue weighted by molar-refractivity contribution is -0.139. The zero-order chi connectivity index (χ0) is 13.8. The minimum atomic E-state index is -1.14. The third-order valence-corrected chi connectivity index (χ3v) is 2.52. The maximum atomic E-state index is 11.8. The number of carbonyl (C=O) groups is 2. The number of carboxylic acids is 1. The summed E-state index contributed by atoms with van der Waals surface area (Å²) >= 11 is 0. The first-order valence-corrected chi connectivity index (χ1v) is 5.60. The first-order valence-electron chi connectivity index (χ1n) is 5.60. The van der Waals surface area contributed by atoms with Crippen molar-refractivity contribution in [2.45, 2.75) is 13.0 Å². The average Bonchev–Trinajstić information content (AvgIpc) is 2.83. The monoisotopic (exact) mass is 260 g/mol. The van der Waals surface area contributed by atoms with Crippen molar-refractivity contribution in [1.82, 2.24) is 10.5 Å². The van der Waals surface area contributed by atoms with Crippen LogP contribution in [-0.2, 0) is 4.79 Å². The van der Waals surface area contributed by atoms with Gasteiger partial charge in [0.15, 0.2) is 11.7 Å². The third-order valence-electron chi connectivity index (χ3n) is 2.52. The predicted octanol–water partition coefficient (Wildman–Crippen LogP) is 1.54. The molecule has 1 aromatic heterocycles. The molecule has 0 radical (unpaired) electrons. The maximum Gasteiger partial charge on any atom is 0.330 e. The Morgan fingerprint density at radius 3 is 2.53 bits per heavy atom. The summed E-state index contributed by atoms with van der Waals surface area (Å²) in [6, 6.07) is 8.77. The Morgan fingerprint density at radius 1 is 1.32 bits per heavy atom. The van der Waals surface area contributed by atoms with Crippen molar-refractivity contribution in [3.05, 3.63) is 53.4 Å². The highest BCUT2D eigenvalue weighted by molar-refractivity contribution is 5.95. The molecule has 0 saturated carbocycles. The van der Waals surface area contributed by atoms with Crippen LogP contribution in [0.4, 0.5) is 0 Å². The number of benzene rings is 1. The Kier molecular flexibility index (Phi) is 3.61. The van der Waals surface area contributed by atoms with E-state index >= 15 is 0 Å². The van der Waals surface area contributed by atoms with Crippen LogP contribution in [0.2, 0.25) is 0 Å². The fourth-order valence-corrected chi connectivity index (χ4v) is 1.61. The second kappa shape index (κ2) is 5.34. The van der Waals surface area contributed by atoms with Gasteiger partial charge in [0.2, 0.25) is 0 Å². The Balaban J connectivity index is 2.18. The van der Waals surface area contributed by atoms with Crippen molar-refractivity contribution < 1.29 is 19.2 Å². The standard InChI is InChI=1S/C13H12N2O4/c1-8-7-10(15-19-8)12(16)14-11(13(17)18)9-5-3-2-4-6-9/h2-7,11H,1H3,(H,14,16)(H,17,18)/t11-/m1/s1. The van der Waals surface area contributed by atoms with Gasteiger partial charge in [-0.25, -0.2) is 4.79 Å². The van der Waals surface area contributed by atoms with E-state index < -0.39 is 17.9 Å². The fourth-order valence-electron chi connectivity index (χ4n) is 1.61. The highest BCUT2D eigenvalue weighted by atomic mass is 16.5. The SMILES string of the molecule is Cc1cc(C(=O)N[C@@H](C(=O)O)c2ccccc2)no1. The number of hydrogen-bond acceptors (Lipinski definition) is 4. The number of nitrogens with zero attached hydrogens (tertiary/aromatic N) is 1. The van der Waals surface area contributed by atoms with Gasteiger partial charge in [-0.3, -0.25) is 4.79 Å². The first-order chi connectivity index (χ1) is 9.08. The van der Waals surface area contributed by atoms with Crippen molar-refractivity contribution in [1.29, 1.82) is 0 Å². The van der Waals surface area contributed by atoms with Crippen LogP contribution in [0.25, 0.3) is 0 Å². The van der Waals surface area contributed by atoms with Gasteiger partial charge in [0, 0.05) is 6.07 Å². The lowest BCUT2D eigenvalue weighted by atomic mass is 10.1. The van der Waals surface area contributed by atoms with Gasteiger partial charge < -0.3 is 14.9 Å². The molecule has 1 heterocycles. The molecular weight excluding hydrogens is 248 g/mol. The number of carbonyl (C=O) groups excluding carboxylic acids is 1. The molecule has 0 unspecified atom stereocenters. The molecule has 6 heteroatoms. The van der Waals surface area contributed by atoms with Crippen molar-refractivity contribution in [3.63, 3.8) is 0 Å². The van der Waals surface area contributed by atoms with Crippen LogP contribution in [-0.4, -0.2) is 22.1 Å². The minimum Gasteiger partial charge on any atom is -0.479 e. The minimum absolute atomic E-state index is 0.0553. The predicted molar refractivity (Wildman–Crippen MR) is 65.5 cm³/mol. The number of aromatic nitrogens is 1. The summed E-state index contributed by atoms with van der Waals surface area (Å²) in [6.07, 6.45) is 0. The van der Waals surface area contributed by atoms with Crippen molar-refractivity contribution in [3.8, 4) is 0 Å². The van der Waals surface area contributed by atoms with Crippen LogP contribution >= 0.6 is 0 Å². The second-order valence-electron chi connectivity index (χ2n) is 3.98. The average molecular weight is 260 g/mol. The molecule has 2 aromatic rings. The van der Waals surface area contributed by atoms with Gasteiger partial charge >= 0.3 is 5.97 Å². The van der Waals surface area contributed by atoms with E-state index in [2.05, 4.69) is 10.5 Å². The molecule has 2 rings (SSSR count). The summed E-state index contributed by atoms with van der Waals surface area (Å²) in [5, 5.41) is 15.1. The Bertz CT molecular complexity index is 592. The number of hydrogen-bond donors (Lipinski definition) is 2. The zero-order valence-corrected chi connectivity index (χ0v) is 10.2. The molecule has 1 amide bonds. The molecule has 2 N–H and O–H groups in total. The molecule has 0 saturated heterocycles. The Hall–Kier alpha value is -2.63. The van der Waals surface area contributed by atoms with E-state index in [-0.39, 0.29) is 5.69 Å². The van der Waals surface area contributed by atoms with Crippen LogP contribution in [0, 0.1) is 6.92 Å². The molecule has 19 heavy (non-hydrogen) atoms. The van der Waals surface area contributed by atoms with Crippen LogP contribution in [0.1, 0.15) is 27.9 Å². The summed E-state index contributed by atoms with van der Waals surface area (Å²) in [4.78, 5) is 23.1.